The third-order valence-electron chi connectivity index (χ3n) is 19.9. The molecule has 8 heterocycles. The van der Waals surface area contributed by atoms with Crippen molar-refractivity contribution in [1.29, 1.82) is 0 Å². The Kier molecular flexibility index (Phi) is 41.1. The van der Waals surface area contributed by atoms with Gasteiger partial charge in [0.05, 0.1) is 55.6 Å². The number of halogens is 12. The van der Waals surface area contributed by atoms with Crippen LogP contribution < -0.4 is 45.0 Å². The maximum absolute atomic E-state index is 14.8. The molecule has 0 bridgehead atoms. The van der Waals surface area contributed by atoms with Gasteiger partial charge in [0.15, 0.2) is 24.9 Å². The van der Waals surface area contributed by atoms with Crippen molar-refractivity contribution in [1.82, 2.24) is 36.5 Å². The number of rotatable bonds is 36. The minimum Gasteiger partial charge on any atom is -0.387 e. The van der Waals surface area contributed by atoms with Gasteiger partial charge in [-0.25, -0.2) is 73.3 Å². The second-order valence-corrected chi connectivity index (χ2v) is 45.4. The van der Waals surface area contributed by atoms with Crippen LogP contribution in [0, 0.1) is 30.4 Å². The fourth-order valence-corrected chi connectivity index (χ4v) is 21.7. The molecule has 0 spiro atoms. The Morgan fingerprint density at radius 1 is 0.340 bits per heavy atom. The van der Waals surface area contributed by atoms with Crippen LogP contribution in [0.2, 0.25) is 0 Å². The van der Waals surface area contributed by atoms with E-state index in [1.807, 2.05) is 0 Å². The van der Waals surface area contributed by atoms with Gasteiger partial charge in [0.2, 0.25) is 0 Å². The summed E-state index contributed by atoms with van der Waals surface area (Å²) < 4.78 is 260. The Morgan fingerprint density at radius 2 is 0.576 bits per heavy atom. The third kappa shape index (κ3) is 32.5. The Balaban J connectivity index is 0.000000214. The summed E-state index contributed by atoms with van der Waals surface area (Å²) in [5, 5.41) is 82.4. The van der Waals surface area contributed by atoms with Gasteiger partial charge in [-0.1, -0.05) is 72.8 Å². The summed E-state index contributed by atoms with van der Waals surface area (Å²) in [6, 6.07) is 18.4. The van der Waals surface area contributed by atoms with Crippen LogP contribution >= 0.6 is 140 Å². The molecule has 4 aromatic heterocycles. The van der Waals surface area contributed by atoms with Crippen molar-refractivity contribution >= 4 is 140 Å². The number of aromatic nitrogens is 8. The summed E-state index contributed by atoms with van der Waals surface area (Å²) in [6.45, 7) is -7.49. The lowest BCUT2D eigenvalue weighted by Gasteiger charge is -2.22. The molecule has 4 saturated heterocycles. The molecule has 0 amide bonds. The molecule has 144 heavy (non-hydrogen) atoms. The van der Waals surface area contributed by atoms with E-state index in [0.717, 1.165) is 82.5 Å². The SMILES string of the molecule is O=c1c(Br)cn([C@@H]2O[C@H](COP(=O)(O)OP(=O)(O)O)C(O)[C@@H]2O)c(=O)n1CC(F)(F)c1ccccc1.O=c1c(Br)cn([C@@H]2O[C@H](COP(=O)(O)OP(=O)(O)O)C(O)[C@@H]2O)c(=O)n1CCc1ccc(F)cc1F.O=c1c(I)cn([C@@H]2O[C@H](COP(=O)(O)OP(=O)(O)O)C(O)[C@@H]2O)c(=O)n1CC(F)(F)c1ccccc1.O=c1c(I)cn([C@@H]2O[C@H](COP(=O)(O)OP(=O)(O)O)C(O)[C@@H]2O)c(=O)n1CCc1ccc(F)cc1F. The maximum atomic E-state index is 14.8. The average Bonchev–Trinajstić information content (AvgIpc) is 1.56. The van der Waals surface area contributed by atoms with E-state index in [0.29, 0.717) is 30.4 Å². The van der Waals surface area contributed by atoms with E-state index in [9.17, 15) is 170 Å². The molecule has 56 nitrogen and oxygen atoms in total. The number of ether oxygens (including phenoxy) is 4. The van der Waals surface area contributed by atoms with Crippen LogP contribution in [0.5, 0.6) is 0 Å². The van der Waals surface area contributed by atoms with E-state index in [2.05, 4.69) is 67.2 Å². The van der Waals surface area contributed by atoms with E-state index in [4.69, 9.17) is 58.1 Å². The Bertz CT molecular complexity index is 6550. The minimum absolute atomic E-state index is 0.0185. The van der Waals surface area contributed by atoms with Crippen LogP contribution in [0.15, 0.2) is 169 Å². The lowest BCUT2D eigenvalue weighted by molar-refractivity contribution is -0.0572. The predicted octanol–water partition coefficient (Wildman–Crippen LogP) is 0.782. The summed E-state index contributed by atoms with van der Waals surface area (Å²) in [5.41, 5.74) is -9.32. The summed E-state index contributed by atoms with van der Waals surface area (Å²) in [7, 11) is -42.9. The zero-order chi connectivity index (χ0) is 108. The number of benzene rings is 4. The maximum Gasteiger partial charge on any atom is 0.481 e. The molecule has 76 heteroatoms. The summed E-state index contributed by atoms with van der Waals surface area (Å²) in [6.07, 6.45) is -24.7. The molecule has 8 unspecified atom stereocenters. The first-order chi connectivity index (χ1) is 66.2. The summed E-state index contributed by atoms with van der Waals surface area (Å²) in [5.74, 6) is -10.7. The van der Waals surface area contributed by atoms with Crippen molar-refractivity contribution in [3.05, 3.63) is 267 Å². The number of alkyl halides is 4. The second kappa shape index (κ2) is 48.8. The molecule has 800 valence electrons. The van der Waals surface area contributed by atoms with Gasteiger partial charge in [-0.3, -0.25) is 73.8 Å². The van der Waals surface area contributed by atoms with Gasteiger partial charge < -0.3 is 119 Å². The van der Waals surface area contributed by atoms with Crippen LogP contribution in [-0.2, 0) is 142 Å². The molecule has 0 saturated carbocycles. The second-order valence-electron chi connectivity index (χ2n) is 30.0. The van der Waals surface area contributed by atoms with Gasteiger partial charge in [0.1, 0.15) is 96.5 Å². The van der Waals surface area contributed by atoms with E-state index < -0.39 is 291 Å². The van der Waals surface area contributed by atoms with Crippen LogP contribution in [0.4, 0.5) is 35.1 Å². The van der Waals surface area contributed by atoms with Crippen LogP contribution in [0.25, 0.3) is 0 Å². The van der Waals surface area contributed by atoms with E-state index in [1.54, 1.807) is 22.6 Å². The Hall–Kier alpha value is -5.98. The number of aliphatic hydroxyl groups is 8. The molecule has 20 N–H and O–H groups in total. The first kappa shape index (κ1) is 122. The predicted molar refractivity (Wildman–Crippen MR) is 481 cm³/mol. The van der Waals surface area contributed by atoms with Crippen molar-refractivity contribution in [2.45, 2.75) is 149 Å². The Labute approximate surface area is 838 Å². The van der Waals surface area contributed by atoms with E-state index in [1.165, 1.54) is 59.0 Å². The zero-order valence-corrected chi connectivity index (χ0v) is 85.6. The van der Waals surface area contributed by atoms with E-state index >= 15 is 0 Å². The highest BCUT2D eigenvalue weighted by atomic mass is 127. The van der Waals surface area contributed by atoms with Gasteiger partial charge in [0.25, 0.3) is 34.1 Å². The van der Waals surface area contributed by atoms with Gasteiger partial charge in [-0.2, -0.15) is 34.8 Å². The molecular formula is C68H76Br2F8I2N8O48P8. The van der Waals surface area contributed by atoms with Crippen molar-refractivity contribution in [3.8, 4) is 0 Å². The van der Waals surface area contributed by atoms with E-state index in [-0.39, 0.29) is 62.3 Å². The largest absolute Gasteiger partial charge is 0.481 e. The van der Waals surface area contributed by atoms with Gasteiger partial charge >= 0.3 is 85.3 Å². The number of aliphatic hydroxyl groups excluding tert-OH is 8. The number of phosphoric ester groups is 4. The first-order valence-electron chi connectivity index (χ1n) is 39.1. The monoisotopic (exact) mass is 2580 g/mol. The van der Waals surface area contributed by atoms with Crippen molar-refractivity contribution in [3.63, 3.8) is 0 Å². The molecule has 4 aromatic carbocycles. The lowest BCUT2D eigenvalue weighted by Crippen LogP contribution is -2.46. The highest BCUT2D eigenvalue weighted by Crippen LogP contribution is 2.61. The molecule has 12 rings (SSSR count). The molecule has 4 aliphatic heterocycles. The topological polar surface area (TPSA) is 828 Å². The zero-order valence-electron chi connectivity index (χ0n) is 70.9. The van der Waals surface area contributed by atoms with Gasteiger partial charge in [-0.05, 0) is 113 Å². The smallest absolute Gasteiger partial charge is 0.387 e. The van der Waals surface area contributed by atoms with Crippen LogP contribution in [0.1, 0.15) is 47.2 Å². The number of phosphoric acid groups is 8. The molecule has 20 atom stereocenters. The highest BCUT2D eigenvalue weighted by Gasteiger charge is 2.52. The number of hydrogen-bond donors (Lipinski definition) is 20. The van der Waals surface area contributed by atoms with Crippen molar-refractivity contribution in [2.24, 2.45) is 0 Å². The summed E-state index contributed by atoms with van der Waals surface area (Å²) >= 11 is 8.90. The number of aryl methyl sites for hydroxylation is 2. The highest BCUT2D eigenvalue weighted by molar-refractivity contribution is 14.1. The van der Waals surface area contributed by atoms with Crippen molar-refractivity contribution < 1.29 is 226 Å². The van der Waals surface area contributed by atoms with Crippen LogP contribution in [-0.4, -0.2) is 236 Å². The fraction of sp³-hybridized carbons (Fsp3) is 0.412. The quantitative estimate of drug-likeness (QED) is 0.0147. The lowest BCUT2D eigenvalue weighted by atomic mass is 10.1. The van der Waals surface area contributed by atoms with Gasteiger partial charge in [0, 0.05) is 61.1 Å². The van der Waals surface area contributed by atoms with Crippen LogP contribution in [0.3, 0.4) is 0 Å². The molecule has 4 fully saturated rings. The van der Waals surface area contributed by atoms with Gasteiger partial charge in [-0.15, -0.1) is 0 Å². The fourth-order valence-electron chi connectivity index (χ4n) is 13.3. The molecule has 4 aliphatic rings. The minimum atomic E-state index is -5.43. The Morgan fingerprint density at radius 3 is 0.840 bits per heavy atom. The number of hydrogen-bond acceptors (Lipinski definition) is 36. The third-order valence-corrected chi connectivity index (χ3v) is 31.0. The molecular weight excluding hydrogens is 2510 g/mol. The molecule has 0 aliphatic carbocycles. The number of nitrogens with zero attached hydrogens (tertiary/aromatic N) is 8. The molecule has 8 aromatic rings. The normalized spacial score (nSPS) is 24.3. The first-order valence-corrected chi connectivity index (χ1v) is 54.9. The summed E-state index contributed by atoms with van der Waals surface area (Å²) in [4.78, 5) is 208. The van der Waals surface area contributed by atoms with Crippen molar-refractivity contribution in [2.75, 3.05) is 26.4 Å². The molecule has 0 radical (unpaired) electrons. The standard InChI is InChI=1S/2C17H19BrF2N2O12P2.2C17H19F2IN2O12P2/c18-10-6-22(17(26)21(15(10)25)4-3-8-1-2-9(19)5-11(8)20)16-14(24)13(23)12(33-16)7-32-36(30,31)34-35(27,28)29;18-10-6-21(16(26)22(14(10)25)8-17(19,20)9-4-2-1-3-5-9)15-13(24)12(23)11(33-15)7-32-36(30,31)34-35(27,28)29;18-9-2-1-8(10(19)5-9)3-4-21-15(25)11(20)6-22(17(21)26)16-14(24)13(23)12(33-16)7-32-36(30,31)34-35(27,28)29;18-17(19,9-4-2-1-3-5-9)8-22-14(25)10(20)6-21(16(22)26)15-13(24)12(23)11(33-15)7-32-36(30,31)34-35(27,28)29/h1-2,5-6,12-14,16,23-24H,3-4,7H2,(H,30,31)(H2,27,28,29);1-6,11-13,15,23-24H,7-8H2,(H,30,31)(H2,27,28,29);1-2,5-6,12-14,16,23-24H,3-4,7H2,(H,30,31)(H2,27,28,29);1-6,11-13,15,23-24H,7-8H2,(H,30,31)(H2,27,28,29)/t12-,13?,14+,16-;11-,12?,13+,15-;12-,13?,14+,16-;11-,12?,13+,15-/m1111/s1. The average molecular weight is 2590 g/mol.